The standard InChI is InChI=1S/C18H22N4O3/c1-25-17(23)13-22-12-15(10-19-22)20-18(24)16-8-5-9-21(16)11-14-6-3-2-4-7-14/h2-4,6-7,10,12,16H,5,8-9,11,13H2,1H3,(H,20,24). The topological polar surface area (TPSA) is 76.5 Å². The van der Waals surface area contributed by atoms with Gasteiger partial charge in [-0.1, -0.05) is 30.3 Å². The number of carbonyl (C=O) groups excluding carboxylic acids is 2. The first-order valence-electron chi connectivity index (χ1n) is 8.34. The fourth-order valence-corrected chi connectivity index (χ4v) is 3.07. The molecule has 1 amide bonds. The van der Waals surface area contributed by atoms with Crippen LogP contribution in [0.15, 0.2) is 42.7 Å². The number of benzene rings is 1. The van der Waals surface area contributed by atoms with Crippen LogP contribution in [-0.2, 0) is 27.4 Å². The van der Waals surface area contributed by atoms with Crippen molar-refractivity contribution in [1.82, 2.24) is 14.7 Å². The quantitative estimate of drug-likeness (QED) is 0.808. The van der Waals surface area contributed by atoms with Crippen molar-refractivity contribution in [2.24, 2.45) is 0 Å². The molecule has 2 aromatic rings. The van der Waals surface area contributed by atoms with Crippen LogP contribution in [-0.4, -0.2) is 46.3 Å². The van der Waals surface area contributed by atoms with E-state index in [9.17, 15) is 9.59 Å². The number of methoxy groups -OCH3 is 1. The van der Waals surface area contributed by atoms with Crippen molar-refractivity contribution in [3.8, 4) is 0 Å². The fourth-order valence-electron chi connectivity index (χ4n) is 3.07. The van der Waals surface area contributed by atoms with Crippen LogP contribution in [0.5, 0.6) is 0 Å². The number of hydrogen-bond donors (Lipinski definition) is 1. The SMILES string of the molecule is COC(=O)Cn1cc(NC(=O)C2CCCN2Cc2ccccc2)cn1. The Morgan fingerprint density at radius 2 is 2.12 bits per heavy atom. The van der Waals surface area contributed by atoms with E-state index in [1.807, 2.05) is 18.2 Å². The summed E-state index contributed by atoms with van der Waals surface area (Å²) >= 11 is 0. The van der Waals surface area contributed by atoms with Gasteiger partial charge < -0.3 is 10.1 Å². The van der Waals surface area contributed by atoms with Gasteiger partial charge in [-0.05, 0) is 24.9 Å². The number of ether oxygens (including phenoxy) is 1. The predicted octanol–water partition coefficient (Wildman–Crippen LogP) is 1.66. The molecule has 1 saturated heterocycles. The molecule has 0 bridgehead atoms. The second-order valence-electron chi connectivity index (χ2n) is 6.11. The minimum absolute atomic E-state index is 0.0237. The molecule has 0 spiro atoms. The zero-order chi connectivity index (χ0) is 17.6. The molecule has 1 aliphatic rings. The van der Waals surface area contributed by atoms with Gasteiger partial charge in [0.1, 0.15) is 6.54 Å². The van der Waals surface area contributed by atoms with Gasteiger partial charge in [0.25, 0.3) is 0 Å². The molecule has 1 atom stereocenters. The summed E-state index contributed by atoms with van der Waals surface area (Å²) in [6.07, 6.45) is 5.02. The highest BCUT2D eigenvalue weighted by atomic mass is 16.5. The van der Waals surface area contributed by atoms with E-state index in [1.165, 1.54) is 23.6 Å². The van der Waals surface area contributed by atoms with Gasteiger partial charge in [-0.25, -0.2) is 0 Å². The lowest BCUT2D eigenvalue weighted by atomic mass is 10.1. The van der Waals surface area contributed by atoms with Crippen LogP contribution in [0.25, 0.3) is 0 Å². The molecular formula is C18H22N4O3. The maximum atomic E-state index is 12.6. The summed E-state index contributed by atoms with van der Waals surface area (Å²) < 4.78 is 6.04. The van der Waals surface area contributed by atoms with Gasteiger partial charge in [-0.3, -0.25) is 19.2 Å². The molecule has 1 N–H and O–H groups in total. The van der Waals surface area contributed by atoms with Crippen LogP contribution >= 0.6 is 0 Å². The van der Waals surface area contributed by atoms with E-state index in [2.05, 4.69) is 32.2 Å². The summed E-state index contributed by atoms with van der Waals surface area (Å²) in [7, 11) is 1.33. The van der Waals surface area contributed by atoms with E-state index < -0.39 is 0 Å². The molecule has 132 valence electrons. The van der Waals surface area contributed by atoms with Crippen molar-refractivity contribution >= 4 is 17.6 Å². The Bertz CT molecular complexity index is 729. The van der Waals surface area contributed by atoms with E-state index >= 15 is 0 Å². The number of anilines is 1. The molecular weight excluding hydrogens is 320 g/mol. The van der Waals surface area contributed by atoms with Crippen LogP contribution in [0, 0.1) is 0 Å². The minimum atomic E-state index is -0.384. The zero-order valence-electron chi connectivity index (χ0n) is 14.2. The number of nitrogens with zero attached hydrogens (tertiary/aromatic N) is 3. The van der Waals surface area contributed by atoms with Gasteiger partial charge in [0, 0.05) is 12.7 Å². The van der Waals surface area contributed by atoms with Gasteiger partial charge in [0.05, 0.1) is 25.0 Å². The molecule has 3 rings (SSSR count). The Kier molecular flexibility index (Phi) is 5.45. The number of amides is 1. The third-order valence-electron chi connectivity index (χ3n) is 4.31. The number of likely N-dealkylation sites (tertiary alicyclic amines) is 1. The van der Waals surface area contributed by atoms with Crippen LogP contribution in [0.3, 0.4) is 0 Å². The first-order chi connectivity index (χ1) is 12.2. The summed E-state index contributed by atoms with van der Waals surface area (Å²) in [4.78, 5) is 26.1. The van der Waals surface area contributed by atoms with Gasteiger partial charge >= 0.3 is 5.97 Å². The largest absolute Gasteiger partial charge is 0.468 e. The number of nitrogens with one attached hydrogen (secondary N) is 1. The molecule has 1 fully saturated rings. The molecule has 25 heavy (non-hydrogen) atoms. The molecule has 0 saturated carbocycles. The molecule has 7 nitrogen and oxygen atoms in total. The van der Waals surface area contributed by atoms with E-state index in [0.717, 1.165) is 25.9 Å². The molecule has 2 heterocycles. The summed E-state index contributed by atoms with van der Waals surface area (Å²) in [6.45, 7) is 1.70. The van der Waals surface area contributed by atoms with Crippen molar-refractivity contribution < 1.29 is 14.3 Å². The second-order valence-corrected chi connectivity index (χ2v) is 6.11. The van der Waals surface area contributed by atoms with Gasteiger partial charge in [-0.15, -0.1) is 0 Å². The highest BCUT2D eigenvalue weighted by Crippen LogP contribution is 2.21. The van der Waals surface area contributed by atoms with Gasteiger partial charge in [0.2, 0.25) is 5.91 Å². The lowest BCUT2D eigenvalue weighted by Crippen LogP contribution is -2.39. The highest BCUT2D eigenvalue weighted by molar-refractivity contribution is 5.94. The first-order valence-corrected chi connectivity index (χ1v) is 8.34. The predicted molar refractivity (Wildman–Crippen MR) is 92.7 cm³/mol. The summed E-state index contributed by atoms with van der Waals surface area (Å²) in [5.41, 5.74) is 1.79. The van der Waals surface area contributed by atoms with Crippen LogP contribution in [0.2, 0.25) is 0 Å². The molecule has 1 unspecified atom stereocenters. The highest BCUT2D eigenvalue weighted by Gasteiger charge is 2.30. The van der Waals surface area contributed by atoms with E-state index in [4.69, 9.17) is 0 Å². The number of hydrogen-bond acceptors (Lipinski definition) is 5. The van der Waals surface area contributed by atoms with Gasteiger partial charge in [-0.2, -0.15) is 5.10 Å². The minimum Gasteiger partial charge on any atom is -0.468 e. The maximum Gasteiger partial charge on any atom is 0.327 e. The zero-order valence-corrected chi connectivity index (χ0v) is 14.2. The second kappa shape index (κ2) is 7.94. The molecule has 1 aliphatic heterocycles. The Morgan fingerprint density at radius 1 is 1.32 bits per heavy atom. The molecule has 1 aromatic heterocycles. The Labute approximate surface area is 146 Å². The molecule has 1 aromatic carbocycles. The van der Waals surface area contributed by atoms with Gasteiger partial charge in [0.15, 0.2) is 0 Å². The number of esters is 1. The lowest BCUT2D eigenvalue weighted by Gasteiger charge is -2.23. The van der Waals surface area contributed by atoms with E-state index in [-0.39, 0.29) is 24.5 Å². The van der Waals surface area contributed by atoms with Crippen molar-refractivity contribution in [2.75, 3.05) is 19.0 Å². The van der Waals surface area contributed by atoms with Crippen molar-refractivity contribution in [3.05, 3.63) is 48.3 Å². The fraction of sp³-hybridized carbons (Fsp3) is 0.389. The number of rotatable bonds is 6. The molecule has 0 radical (unpaired) electrons. The van der Waals surface area contributed by atoms with Crippen LogP contribution < -0.4 is 5.32 Å². The Hall–Kier alpha value is -2.67. The third-order valence-corrected chi connectivity index (χ3v) is 4.31. The summed E-state index contributed by atoms with van der Waals surface area (Å²) in [6, 6.07) is 10.0. The smallest absolute Gasteiger partial charge is 0.327 e. The average molecular weight is 342 g/mol. The third kappa shape index (κ3) is 4.45. The maximum absolute atomic E-state index is 12.6. The number of aromatic nitrogens is 2. The van der Waals surface area contributed by atoms with Crippen molar-refractivity contribution in [2.45, 2.75) is 32.0 Å². The average Bonchev–Trinajstić information content (AvgIpc) is 3.25. The monoisotopic (exact) mass is 342 g/mol. The van der Waals surface area contributed by atoms with Crippen molar-refractivity contribution in [3.63, 3.8) is 0 Å². The normalized spacial score (nSPS) is 17.4. The molecule has 0 aliphatic carbocycles. The Balaban J connectivity index is 1.59. The number of carbonyl (C=O) groups is 2. The summed E-state index contributed by atoms with van der Waals surface area (Å²) in [5.74, 6) is -0.420. The van der Waals surface area contributed by atoms with E-state index in [0.29, 0.717) is 5.69 Å². The van der Waals surface area contributed by atoms with Crippen molar-refractivity contribution in [1.29, 1.82) is 0 Å². The van der Waals surface area contributed by atoms with E-state index in [1.54, 1.807) is 6.20 Å². The summed E-state index contributed by atoms with van der Waals surface area (Å²) in [5, 5.41) is 6.95. The molecule has 7 heteroatoms. The lowest BCUT2D eigenvalue weighted by molar-refractivity contribution is -0.141. The first kappa shape index (κ1) is 17.2. The van der Waals surface area contributed by atoms with Crippen LogP contribution in [0.4, 0.5) is 5.69 Å². The van der Waals surface area contributed by atoms with Crippen LogP contribution in [0.1, 0.15) is 18.4 Å². The Morgan fingerprint density at radius 3 is 2.88 bits per heavy atom.